The van der Waals surface area contributed by atoms with Gasteiger partial charge in [-0.15, -0.1) is 11.3 Å². The molecule has 2 rings (SSSR count). The Morgan fingerprint density at radius 2 is 2.21 bits per heavy atom. The minimum Gasteiger partial charge on any atom is -0.506 e. The summed E-state index contributed by atoms with van der Waals surface area (Å²) in [6, 6.07) is 2.19. The van der Waals surface area contributed by atoms with E-state index in [1.165, 1.54) is 11.4 Å². The Kier molecular flexibility index (Phi) is 1.85. The average molecular weight is 213 g/mol. The summed E-state index contributed by atoms with van der Waals surface area (Å²) in [5, 5.41) is 20.9. The number of nitro groups is 1. The van der Waals surface area contributed by atoms with Crippen molar-refractivity contribution >= 4 is 27.1 Å². The average Bonchev–Trinajstić information content (AvgIpc) is 2.56. The Balaban J connectivity index is 2.90. The number of hydrogen-bond donors (Lipinski definition) is 1. The van der Waals surface area contributed by atoms with E-state index in [1.807, 2.05) is 0 Å². The second-order valence-corrected chi connectivity index (χ2v) is 3.53. The molecule has 0 atom stereocenters. The zero-order valence-electron chi connectivity index (χ0n) is 6.73. The molecule has 14 heavy (non-hydrogen) atoms. The molecule has 0 aliphatic carbocycles. The molecule has 0 amide bonds. The van der Waals surface area contributed by atoms with Crippen molar-refractivity contribution in [2.75, 3.05) is 0 Å². The number of fused-ring (bicyclic) bond motifs is 1. The van der Waals surface area contributed by atoms with E-state index in [0.29, 0.717) is 0 Å². The number of halogens is 1. The van der Waals surface area contributed by atoms with Crippen LogP contribution in [0.3, 0.4) is 0 Å². The number of aromatic hydroxyl groups is 1. The second kappa shape index (κ2) is 2.91. The van der Waals surface area contributed by atoms with E-state index in [2.05, 4.69) is 0 Å². The minimum absolute atomic E-state index is 0.125. The summed E-state index contributed by atoms with van der Waals surface area (Å²) in [5.74, 6) is -0.828. The smallest absolute Gasteiger partial charge is 0.290 e. The van der Waals surface area contributed by atoms with Gasteiger partial charge in [-0.05, 0) is 12.1 Å². The van der Waals surface area contributed by atoms with Crippen LogP contribution in [0.4, 0.5) is 10.1 Å². The summed E-state index contributed by atoms with van der Waals surface area (Å²) < 4.78 is 13.4. The lowest BCUT2D eigenvalue weighted by Crippen LogP contribution is -1.87. The molecule has 0 radical (unpaired) electrons. The number of nitrogens with zero attached hydrogens (tertiary/aromatic N) is 1. The minimum atomic E-state index is -0.689. The highest BCUT2D eigenvalue weighted by molar-refractivity contribution is 7.18. The molecule has 0 fully saturated rings. The molecule has 1 heterocycles. The Morgan fingerprint density at radius 1 is 1.50 bits per heavy atom. The first-order valence-electron chi connectivity index (χ1n) is 3.64. The van der Waals surface area contributed by atoms with Gasteiger partial charge in [-0.25, -0.2) is 4.39 Å². The number of rotatable bonds is 1. The summed E-state index contributed by atoms with van der Waals surface area (Å²) in [7, 11) is 0. The number of benzene rings is 1. The zero-order chi connectivity index (χ0) is 10.3. The Bertz CT molecular complexity index is 523. The van der Waals surface area contributed by atoms with Crippen molar-refractivity contribution < 1.29 is 14.4 Å². The molecule has 6 heteroatoms. The van der Waals surface area contributed by atoms with Gasteiger partial charge in [-0.1, -0.05) is 0 Å². The standard InChI is InChI=1S/C8H4FNO3S/c9-4-1-2-6(11)8-7(4)5(3-14-8)10(12)13/h1-3,11H. The van der Waals surface area contributed by atoms with Crippen molar-refractivity contribution in [2.24, 2.45) is 0 Å². The van der Waals surface area contributed by atoms with Gasteiger partial charge in [0.15, 0.2) is 0 Å². The fourth-order valence-corrected chi connectivity index (χ4v) is 2.16. The van der Waals surface area contributed by atoms with Crippen LogP contribution >= 0.6 is 11.3 Å². The summed E-state index contributed by atoms with van der Waals surface area (Å²) in [4.78, 5) is 9.84. The molecular weight excluding hydrogens is 209 g/mol. The lowest BCUT2D eigenvalue weighted by atomic mass is 10.2. The molecule has 0 aliphatic rings. The molecule has 4 nitrogen and oxygen atoms in total. The van der Waals surface area contributed by atoms with Crippen LogP contribution in [0.5, 0.6) is 5.75 Å². The van der Waals surface area contributed by atoms with Crippen molar-refractivity contribution in [1.29, 1.82) is 0 Å². The molecule has 0 unspecified atom stereocenters. The molecule has 1 N–H and O–H groups in total. The van der Waals surface area contributed by atoms with Crippen LogP contribution in [0, 0.1) is 15.9 Å². The molecular formula is C8H4FNO3S. The van der Waals surface area contributed by atoms with Gasteiger partial charge in [-0.2, -0.15) is 0 Å². The first-order chi connectivity index (χ1) is 6.61. The fourth-order valence-electron chi connectivity index (χ4n) is 1.21. The van der Waals surface area contributed by atoms with Gasteiger partial charge in [0, 0.05) is 0 Å². The predicted octanol–water partition coefficient (Wildman–Crippen LogP) is 2.65. The van der Waals surface area contributed by atoms with E-state index in [1.54, 1.807) is 0 Å². The number of thiophene rings is 1. The predicted molar refractivity (Wildman–Crippen MR) is 50.1 cm³/mol. The van der Waals surface area contributed by atoms with Crippen molar-refractivity contribution in [3.05, 3.63) is 33.4 Å². The largest absolute Gasteiger partial charge is 0.506 e. The number of phenols is 1. The second-order valence-electron chi connectivity index (χ2n) is 2.65. The van der Waals surface area contributed by atoms with Gasteiger partial charge in [-0.3, -0.25) is 10.1 Å². The molecule has 1 aromatic heterocycles. The zero-order valence-corrected chi connectivity index (χ0v) is 7.55. The van der Waals surface area contributed by atoms with Gasteiger partial charge in [0.1, 0.15) is 17.0 Å². The Hall–Kier alpha value is -1.69. The first-order valence-corrected chi connectivity index (χ1v) is 4.52. The summed E-state index contributed by atoms with van der Waals surface area (Å²) >= 11 is 0.951. The maximum Gasteiger partial charge on any atom is 0.290 e. The summed E-state index contributed by atoms with van der Waals surface area (Å²) in [6.45, 7) is 0. The quantitative estimate of drug-likeness (QED) is 0.585. The van der Waals surface area contributed by atoms with E-state index < -0.39 is 10.7 Å². The van der Waals surface area contributed by atoms with Crippen LogP contribution in [0.2, 0.25) is 0 Å². The normalized spacial score (nSPS) is 10.6. The van der Waals surface area contributed by atoms with Crippen LogP contribution in [-0.4, -0.2) is 10.0 Å². The molecule has 2 aromatic rings. The fraction of sp³-hybridized carbons (Fsp3) is 0. The third kappa shape index (κ3) is 1.12. The first kappa shape index (κ1) is 8.89. The Labute approximate surface area is 81.4 Å². The van der Waals surface area contributed by atoms with Crippen LogP contribution in [-0.2, 0) is 0 Å². The monoisotopic (exact) mass is 213 g/mol. The molecule has 0 spiro atoms. The highest BCUT2D eigenvalue weighted by Gasteiger charge is 2.19. The third-order valence-corrected chi connectivity index (χ3v) is 2.82. The molecule has 0 saturated carbocycles. The maximum absolute atomic E-state index is 13.2. The highest BCUT2D eigenvalue weighted by Crippen LogP contribution is 2.38. The van der Waals surface area contributed by atoms with E-state index in [4.69, 9.17) is 0 Å². The third-order valence-electron chi connectivity index (χ3n) is 1.83. The lowest BCUT2D eigenvalue weighted by molar-refractivity contribution is -0.382. The van der Waals surface area contributed by atoms with Gasteiger partial charge in [0.2, 0.25) is 0 Å². The van der Waals surface area contributed by atoms with E-state index in [9.17, 15) is 19.6 Å². The summed E-state index contributed by atoms with van der Waals surface area (Å²) in [6.07, 6.45) is 0. The molecule has 1 aromatic carbocycles. The van der Waals surface area contributed by atoms with Crippen molar-refractivity contribution in [3.63, 3.8) is 0 Å². The van der Waals surface area contributed by atoms with Crippen molar-refractivity contribution in [3.8, 4) is 5.75 Å². The van der Waals surface area contributed by atoms with Gasteiger partial charge < -0.3 is 5.11 Å². The van der Waals surface area contributed by atoms with Crippen molar-refractivity contribution in [2.45, 2.75) is 0 Å². The van der Waals surface area contributed by atoms with E-state index in [0.717, 1.165) is 17.4 Å². The maximum atomic E-state index is 13.2. The number of phenolic OH excluding ortho intramolecular Hbond substituents is 1. The van der Waals surface area contributed by atoms with Crippen LogP contribution in [0.1, 0.15) is 0 Å². The van der Waals surface area contributed by atoms with Crippen LogP contribution in [0.15, 0.2) is 17.5 Å². The molecule has 72 valence electrons. The SMILES string of the molecule is O=[N+]([O-])c1csc2c(O)ccc(F)c12. The van der Waals surface area contributed by atoms with Crippen molar-refractivity contribution in [1.82, 2.24) is 0 Å². The Morgan fingerprint density at radius 3 is 2.86 bits per heavy atom. The summed E-state index contributed by atoms with van der Waals surface area (Å²) in [5.41, 5.74) is -0.307. The molecule has 0 saturated heterocycles. The highest BCUT2D eigenvalue weighted by atomic mass is 32.1. The number of hydrogen-bond acceptors (Lipinski definition) is 4. The lowest BCUT2D eigenvalue weighted by Gasteiger charge is -1.95. The van der Waals surface area contributed by atoms with Crippen LogP contribution in [0.25, 0.3) is 10.1 Å². The van der Waals surface area contributed by atoms with Gasteiger partial charge in [0.05, 0.1) is 15.0 Å². The van der Waals surface area contributed by atoms with E-state index >= 15 is 0 Å². The van der Waals surface area contributed by atoms with Gasteiger partial charge >= 0.3 is 0 Å². The van der Waals surface area contributed by atoms with Gasteiger partial charge in [0.25, 0.3) is 5.69 Å². The topological polar surface area (TPSA) is 63.4 Å². The molecule has 0 aliphatic heterocycles. The van der Waals surface area contributed by atoms with Crippen LogP contribution < -0.4 is 0 Å². The van der Waals surface area contributed by atoms with E-state index in [-0.39, 0.29) is 21.5 Å². The molecule has 0 bridgehead atoms.